The number of carbonyl (C=O) groups is 1. The molecule has 0 saturated carbocycles. The number of hydrogen-bond acceptors (Lipinski definition) is 3. The highest BCUT2D eigenvalue weighted by molar-refractivity contribution is 5.92. The van der Waals surface area contributed by atoms with Crippen molar-refractivity contribution in [1.29, 1.82) is 0 Å². The van der Waals surface area contributed by atoms with Crippen LogP contribution in [0.3, 0.4) is 0 Å². The van der Waals surface area contributed by atoms with Gasteiger partial charge in [-0.05, 0) is 30.2 Å². The molecule has 1 rings (SSSR count). The number of carbonyl (C=O) groups excluding carboxylic acids is 1. The van der Waals surface area contributed by atoms with Crippen LogP contribution in [0.1, 0.15) is 20.8 Å². The first-order valence-electron chi connectivity index (χ1n) is 6.08. The largest absolute Gasteiger partial charge is 0.497 e. The van der Waals surface area contributed by atoms with E-state index in [1.165, 1.54) is 0 Å². The maximum absolute atomic E-state index is 11.9. The lowest BCUT2D eigenvalue weighted by Crippen LogP contribution is -2.33. The van der Waals surface area contributed by atoms with Crippen LogP contribution in [0.2, 0.25) is 0 Å². The zero-order chi connectivity index (χ0) is 13.7. The quantitative estimate of drug-likeness (QED) is 0.844. The molecule has 0 radical (unpaired) electrons. The predicted molar refractivity (Wildman–Crippen MR) is 71.6 cm³/mol. The number of anilines is 1. The molecule has 18 heavy (non-hydrogen) atoms. The van der Waals surface area contributed by atoms with E-state index < -0.39 is 12.0 Å². The van der Waals surface area contributed by atoms with Crippen LogP contribution in [0.15, 0.2) is 24.3 Å². The first kappa shape index (κ1) is 14.5. The molecular formula is C14H21NO3. The van der Waals surface area contributed by atoms with Gasteiger partial charge in [-0.25, -0.2) is 0 Å². The number of rotatable bonds is 5. The van der Waals surface area contributed by atoms with E-state index in [9.17, 15) is 9.90 Å². The summed E-state index contributed by atoms with van der Waals surface area (Å²) in [5.41, 5.74) is 0.698. The molecule has 0 aliphatic rings. The van der Waals surface area contributed by atoms with E-state index in [-0.39, 0.29) is 11.8 Å². The lowest BCUT2D eigenvalue weighted by Gasteiger charge is -2.21. The number of aliphatic hydroxyl groups is 1. The van der Waals surface area contributed by atoms with Gasteiger partial charge in [-0.3, -0.25) is 4.79 Å². The predicted octanol–water partition coefficient (Wildman–Crippen LogP) is 2.29. The summed E-state index contributed by atoms with van der Waals surface area (Å²) in [5, 5.41) is 12.6. The molecule has 0 aliphatic heterocycles. The molecule has 0 heterocycles. The molecule has 0 saturated heterocycles. The summed E-state index contributed by atoms with van der Waals surface area (Å²) < 4.78 is 5.04. The highest BCUT2D eigenvalue weighted by Crippen LogP contribution is 2.18. The Kier molecular flexibility index (Phi) is 5.16. The van der Waals surface area contributed by atoms with Gasteiger partial charge >= 0.3 is 0 Å². The third kappa shape index (κ3) is 3.74. The van der Waals surface area contributed by atoms with E-state index in [1.54, 1.807) is 38.3 Å². The molecule has 0 aromatic heterocycles. The molecule has 0 fully saturated rings. The summed E-state index contributed by atoms with van der Waals surface area (Å²) in [6, 6.07) is 7.09. The summed E-state index contributed by atoms with van der Waals surface area (Å²) in [4.78, 5) is 11.9. The van der Waals surface area contributed by atoms with Crippen molar-refractivity contribution in [2.75, 3.05) is 12.4 Å². The van der Waals surface area contributed by atoms with Gasteiger partial charge in [0, 0.05) is 5.69 Å². The van der Waals surface area contributed by atoms with Crippen LogP contribution in [0, 0.1) is 11.8 Å². The minimum Gasteiger partial charge on any atom is -0.497 e. The highest BCUT2D eigenvalue weighted by atomic mass is 16.5. The van der Waals surface area contributed by atoms with Crippen LogP contribution in [0.4, 0.5) is 5.69 Å². The molecule has 2 N–H and O–H groups in total. The van der Waals surface area contributed by atoms with Gasteiger partial charge in [0.2, 0.25) is 5.91 Å². The van der Waals surface area contributed by atoms with Crippen molar-refractivity contribution in [3.05, 3.63) is 24.3 Å². The molecule has 0 spiro atoms. The van der Waals surface area contributed by atoms with Gasteiger partial charge < -0.3 is 15.2 Å². The Balaban J connectivity index is 2.63. The number of methoxy groups -OCH3 is 1. The van der Waals surface area contributed by atoms with Gasteiger partial charge in [0.25, 0.3) is 0 Å². The third-order valence-corrected chi connectivity index (χ3v) is 2.97. The van der Waals surface area contributed by atoms with Gasteiger partial charge in [-0.2, -0.15) is 0 Å². The maximum atomic E-state index is 11.9. The average Bonchev–Trinajstić information content (AvgIpc) is 2.37. The Morgan fingerprint density at radius 2 is 1.78 bits per heavy atom. The SMILES string of the molecule is COc1ccc(NC(=O)[C@@H](C)[C@@H](O)C(C)C)cc1. The minimum absolute atomic E-state index is 0.0571. The first-order chi connectivity index (χ1) is 8.45. The van der Waals surface area contributed by atoms with Crippen molar-refractivity contribution >= 4 is 11.6 Å². The number of hydrogen-bond donors (Lipinski definition) is 2. The fraction of sp³-hybridized carbons (Fsp3) is 0.500. The van der Waals surface area contributed by atoms with E-state index in [1.807, 2.05) is 13.8 Å². The van der Waals surface area contributed by atoms with Crippen molar-refractivity contribution < 1.29 is 14.6 Å². The zero-order valence-electron chi connectivity index (χ0n) is 11.3. The van der Waals surface area contributed by atoms with Crippen molar-refractivity contribution in [1.82, 2.24) is 0 Å². The lowest BCUT2D eigenvalue weighted by atomic mass is 9.94. The summed E-state index contributed by atoms with van der Waals surface area (Å²) in [6.07, 6.45) is -0.636. The molecule has 1 aromatic carbocycles. The van der Waals surface area contributed by atoms with Crippen molar-refractivity contribution in [2.45, 2.75) is 26.9 Å². The maximum Gasteiger partial charge on any atom is 0.229 e. The third-order valence-electron chi connectivity index (χ3n) is 2.97. The molecule has 0 unspecified atom stereocenters. The fourth-order valence-corrected chi connectivity index (χ4v) is 1.66. The molecule has 1 amide bonds. The van der Waals surface area contributed by atoms with E-state index in [2.05, 4.69) is 5.32 Å². The summed E-state index contributed by atoms with van der Waals surface area (Å²) >= 11 is 0. The second kappa shape index (κ2) is 6.40. The van der Waals surface area contributed by atoms with Crippen LogP contribution in [-0.2, 0) is 4.79 Å². The fourth-order valence-electron chi connectivity index (χ4n) is 1.66. The van der Waals surface area contributed by atoms with Gasteiger partial charge in [0.05, 0.1) is 19.1 Å². The van der Waals surface area contributed by atoms with E-state index >= 15 is 0 Å². The number of benzene rings is 1. The normalized spacial score (nSPS) is 14.1. The highest BCUT2D eigenvalue weighted by Gasteiger charge is 2.24. The number of nitrogens with one attached hydrogen (secondary N) is 1. The lowest BCUT2D eigenvalue weighted by molar-refractivity contribution is -0.123. The standard InChI is InChI=1S/C14H21NO3/c1-9(2)13(16)10(3)14(17)15-11-5-7-12(18-4)8-6-11/h5-10,13,16H,1-4H3,(H,15,17)/t10-,13-/m0/s1. The number of aliphatic hydroxyl groups excluding tert-OH is 1. The Morgan fingerprint density at radius 3 is 2.22 bits per heavy atom. The van der Waals surface area contributed by atoms with Crippen LogP contribution in [0.5, 0.6) is 5.75 Å². The molecule has 0 aliphatic carbocycles. The Bertz CT molecular complexity index is 387. The van der Waals surface area contributed by atoms with Crippen LogP contribution in [0.25, 0.3) is 0 Å². The Morgan fingerprint density at radius 1 is 1.22 bits per heavy atom. The monoisotopic (exact) mass is 251 g/mol. The molecule has 0 bridgehead atoms. The Hall–Kier alpha value is -1.55. The first-order valence-corrected chi connectivity index (χ1v) is 6.08. The van der Waals surface area contributed by atoms with Gasteiger partial charge in [0.1, 0.15) is 5.75 Å². The molecule has 2 atom stereocenters. The summed E-state index contributed by atoms with van der Waals surface area (Å²) in [6.45, 7) is 5.51. The minimum atomic E-state index is -0.636. The van der Waals surface area contributed by atoms with E-state index in [0.717, 1.165) is 5.75 Å². The molecule has 1 aromatic rings. The zero-order valence-corrected chi connectivity index (χ0v) is 11.3. The average molecular weight is 251 g/mol. The Labute approximate surface area is 108 Å². The smallest absolute Gasteiger partial charge is 0.229 e. The second-order valence-electron chi connectivity index (χ2n) is 4.74. The van der Waals surface area contributed by atoms with Gasteiger partial charge in [0.15, 0.2) is 0 Å². The molecule has 100 valence electrons. The molecular weight excluding hydrogens is 230 g/mol. The van der Waals surface area contributed by atoms with Gasteiger partial charge in [-0.15, -0.1) is 0 Å². The number of amides is 1. The van der Waals surface area contributed by atoms with Crippen LogP contribution < -0.4 is 10.1 Å². The van der Waals surface area contributed by atoms with E-state index in [4.69, 9.17) is 4.74 Å². The van der Waals surface area contributed by atoms with Crippen LogP contribution >= 0.6 is 0 Å². The van der Waals surface area contributed by atoms with Crippen molar-refractivity contribution in [2.24, 2.45) is 11.8 Å². The van der Waals surface area contributed by atoms with E-state index in [0.29, 0.717) is 5.69 Å². The van der Waals surface area contributed by atoms with Crippen LogP contribution in [-0.4, -0.2) is 24.2 Å². The van der Waals surface area contributed by atoms with Crippen molar-refractivity contribution in [3.63, 3.8) is 0 Å². The van der Waals surface area contributed by atoms with Crippen molar-refractivity contribution in [3.8, 4) is 5.75 Å². The summed E-state index contributed by atoms with van der Waals surface area (Å²) in [7, 11) is 1.59. The van der Waals surface area contributed by atoms with Gasteiger partial charge in [-0.1, -0.05) is 20.8 Å². The molecule has 4 heteroatoms. The number of ether oxygens (including phenoxy) is 1. The summed E-state index contributed by atoms with van der Waals surface area (Å²) in [5.74, 6) is 0.179. The topological polar surface area (TPSA) is 58.6 Å². The second-order valence-corrected chi connectivity index (χ2v) is 4.74. The molecule has 4 nitrogen and oxygen atoms in total.